The van der Waals surface area contributed by atoms with E-state index < -0.39 is 10.0 Å². The van der Waals surface area contributed by atoms with Crippen molar-refractivity contribution in [3.63, 3.8) is 0 Å². The van der Waals surface area contributed by atoms with Crippen molar-refractivity contribution in [2.75, 3.05) is 19.3 Å². The average molecular weight is 257 g/mol. The Hall–Kier alpha value is -1.14. The van der Waals surface area contributed by atoms with Crippen LogP contribution in [0.4, 0.5) is 5.69 Å². The molecular weight excluding hydrogens is 238 g/mol. The summed E-state index contributed by atoms with van der Waals surface area (Å²) in [6, 6.07) is 3.15. The van der Waals surface area contributed by atoms with Gasteiger partial charge in [-0.25, -0.2) is 13.4 Å². The molecule has 1 aromatic heterocycles. The van der Waals surface area contributed by atoms with Gasteiger partial charge in [0.05, 0.1) is 5.69 Å². The predicted molar refractivity (Wildman–Crippen MR) is 67.9 cm³/mol. The Labute approximate surface area is 103 Å². The minimum absolute atomic E-state index is 0.0641. The summed E-state index contributed by atoms with van der Waals surface area (Å²) in [7, 11) is -2.03. The zero-order valence-electron chi connectivity index (χ0n) is 10.4. The number of sulfonamides is 1. The molecule has 0 saturated heterocycles. The van der Waals surface area contributed by atoms with Gasteiger partial charge in [-0.1, -0.05) is 20.3 Å². The number of rotatable bonds is 5. The van der Waals surface area contributed by atoms with Gasteiger partial charge in [0.25, 0.3) is 10.0 Å². The molecule has 1 rings (SSSR count). The second-order valence-corrected chi connectivity index (χ2v) is 6.16. The molecule has 1 unspecified atom stereocenters. The van der Waals surface area contributed by atoms with Crippen LogP contribution in [0.1, 0.15) is 20.3 Å². The fourth-order valence-corrected chi connectivity index (χ4v) is 2.74. The molecular formula is C11H19N3O2S. The Morgan fingerprint density at radius 2 is 2.18 bits per heavy atom. The summed E-state index contributed by atoms with van der Waals surface area (Å²) in [5.41, 5.74) is 5.82. The molecule has 5 nitrogen and oxygen atoms in total. The highest BCUT2D eigenvalue weighted by molar-refractivity contribution is 7.89. The van der Waals surface area contributed by atoms with Crippen molar-refractivity contribution in [2.45, 2.75) is 25.3 Å². The van der Waals surface area contributed by atoms with Gasteiger partial charge in [0.2, 0.25) is 0 Å². The summed E-state index contributed by atoms with van der Waals surface area (Å²) in [5, 5.41) is -0.0641. The Morgan fingerprint density at radius 1 is 1.53 bits per heavy atom. The Balaban J connectivity index is 3.00. The normalized spacial score (nSPS) is 13.9. The molecule has 0 aliphatic rings. The standard InChI is InChI=1S/C11H19N3O2S/c1-4-9(2)8-14(3)17(15,16)11-10(12)6-5-7-13-11/h5-7,9H,4,8,12H2,1-3H3. The number of nitrogens with zero attached hydrogens (tertiary/aromatic N) is 2. The summed E-state index contributed by atoms with van der Waals surface area (Å²) < 4.78 is 25.7. The van der Waals surface area contributed by atoms with Crippen LogP contribution in [0, 0.1) is 5.92 Å². The summed E-state index contributed by atoms with van der Waals surface area (Å²) >= 11 is 0. The van der Waals surface area contributed by atoms with Gasteiger partial charge in [0.15, 0.2) is 5.03 Å². The van der Waals surface area contributed by atoms with Crippen LogP contribution in [-0.4, -0.2) is 31.3 Å². The van der Waals surface area contributed by atoms with Gasteiger partial charge in [-0.2, -0.15) is 4.31 Å². The molecule has 0 radical (unpaired) electrons. The van der Waals surface area contributed by atoms with Crippen molar-refractivity contribution in [3.8, 4) is 0 Å². The Bertz CT molecular complexity index is 473. The second kappa shape index (κ2) is 5.46. The largest absolute Gasteiger partial charge is 0.396 e. The molecule has 0 bridgehead atoms. The number of anilines is 1. The van der Waals surface area contributed by atoms with E-state index in [9.17, 15) is 8.42 Å². The predicted octanol–water partition coefficient (Wildman–Crippen LogP) is 1.33. The van der Waals surface area contributed by atoms with E-state index in [1.165, 1.54) is 16.6 Å². The van der Waals surface area contributed by atoms with E-state index in [0.717, 1.165) is 6.42 Å². The van der Waals surface area contributed by atoms with Crippen molar-refractivity contribution < 1.29 is 8.42 Å². The average Bonchev–Trinajstić information content (AvgIpc) is 2.29. The van der Waals surface area contributed by atoms with Crippen LogP contribution < -0.4 is 5.73 Å². The van der Waals surface area contributed by atoms with Crippen LogP contribution >= 0.6 is 0 Å². The molecule has 0 fully saturated rings. The van der Waals surface area contributed by atoms with Gasteiger partial charge < -0.3 is 5.73 Å². The molecule has 0 aliphatic heterocycles. The third kappa shape index (κ3) is 3.17. The SMILES string of the molecule is CCC(C)CN(C)S(=O)(=O)c1ncccc1N. The van der Waals surface area contributed by atoms with E-state index in [-0.39, 0.29) is 10.7 Å². The molecule has 0 aliphatic carbocycles. The lowest BCUT2D eigenvalue weighted by Crippen LogP contribution is -2.32. The van der Waals surface area contributed by atoms with E-state index in [1.54, 1.807) is 13.1 Å². The Kier molecular flexibility index (Phi) is 4.47. The smallest absolute Gasteiger partial charge is 0.262 e. The maximum absolute atomic E-state index is 12.2. The van der Waals surface area contributed by atoms with E-state index in [2.05, 4.69) is 4.98 Å². The Morgan fingerprint density at radius 3 is 2.71 bits per heavy atom. The third-order valence-electron chi connectivity index (χ3n) is 2.72. The molecule has 1 aromatic rings. The third-order valence-corrected chi connectivity index (χ3v) is 4.52. The molecule has 0 amide bonds. The molecule has 0 saturated carbocycles. The highest BCUT2D eigenvalue weighted by atomic mass is 32.2. The number of hydrogen-bond acceptors (Lipinski definition) is 4. The lowest BCUT2D eigenvalue weighted by molar-refractivity contribution is 0.392. The van der Waals surface area contributed by atoms with Crippen molar-refractivity contribution in [2.24, 2.45) is 5.92 Å². The van der Waals surface area contributed by atoms with Gasteiger partial charge in [-0.3, -0.25) is 0 Å². The fourth-order valence-electron chi connectivity index (χ4n) is 1.43. The topological polar surface area (TPSA) is 76.3 Å². The maximum Gasteiger partial charge on any atom is 0.262 e. The number of pyridine rings is 1. The summed E-state index contributed by atoms with van der Waals surface area (Å²) in [4.78, 5) is 3.85. The molecule has 0 aromatic carbocycles. The minimum Gasteiger partial charge on any atom is -0.396 e. The monoisotopic (exact) mass is 257 g/mol. The highest BCUT2D eigenvalue weighted by Crippen LogP contribution is 2.19. The first kappa shape index (κ1) is 13.9. The molecule has 1 atom stereocenters. The molecule has 6 heteroatoms. The number of nitrogen functional groups attached to an aromatic ring is 1. The number of nitrogens with two attached hydrogens (primary N) is 1. The zero-order chi connectivity index (χ0) is 13.1. The van der Waals surface area contributed by atoms with E-state index in [4.69, 9.17) is 5.73 Å². The summed E-state index contributed by atoms with van der Waals surface area (Å²) in [5.74, 6) is 0.305. The van der Waals surface area contributed by atoms with Crippen LogP contribution in [0.5, 0.6) is 0 Å². The van der Waals surface area contributed by atoms with Crippen LogP contribution in [0.3, 0.4) is 0 Å². The van der Waals surface area contributed by atoms with Crippen LogP contribution in [-0.2, 0) is 10.0 Å². The van der Waals surface area contributed by atoms with Crippen LogP contribution in [0.15, 0.2) is 23.4 Å². The van der Waals surface area contributed by atoms with Crippen LogP contribution in [0.25, 0.3) is 0 Å². The van der Waals surface area contributed by atoms with E-state index in [0.29, 0.717) is 12.5 Å². The molecule has 1 heterocycles. The maximum atomic E-state index is 12.2. The van der Waals surface area contributed by atoms with Crippen molar-refractivity contribution >= 4 is 15.7 Å². The van der Waals surface area contributed by atoms with Gasteiger partial charge in [0, 0.05) is 19.8 Å². The first-order chi connectivity index (χ1) is 7.89. The lowest BCUT2D eigenvalue weighted by atomic mass is 10.1. The fraction of sp³-hybridized carbons (Fsp3) is 0.545. The summed E-state index contributed by atoms with van der Waals surface area (Å²) in [6.45, 7) is 4.50. The van der Waals surface area contributed by atoms with E-state index >= 15 is 0 Å². The van der Waals surface area contributed by atoms with Gasteiger partial charge >= 0.3 is 0 Å². The number of hydrogen-bond donors (Lipinski definition) is 1. The molecule has 2 N–H and O–H groups in total. The van der Waals surface area contributed by atoms with Gasteiger partial charge in [-0.15, -0.1) is 0 Å². The van der Waals surface area contributed by atoms with Crippen molar-refractivity contribution in [3.05, 3.63) is 18.3 Å². The van der Waals surface area contributed by atoms with Crippen molar-refractivity contribution in [1.82, 2.24) is 9.29 Å². The highest BCUT2D eigenvalue weighted by Gasteiger charge is 2.25. The van der Waals surface area contributed by atoms with Crippen molar-refractivity contribution in [1.29, 1.82) is 0 Å². The molecule has 0 spiro atoms. The molecule has 96 valence electrons. The first-order valence-corrected chi connectivity index (χ1v) is 7.00. The second-order valence-electron chi connectivity index (χ2n) is 4.20. The minimum atomic E-state index is -3.58. The quantitative estimate of drug-likeness (QED) is 0.863. The first-order valence-electron chi connectivity index (χ1n) is 5.56. The lowest BCUT2D eigenvalue weighted by Gasteiger charge is -2.20. The van der Waals surface area contributed by atoms with Gasteiger partial charge in [-0.05, 0) is 18.1 Å². The van der Waals surface area contributed by atoms with E-state index in [1.807, 2.05) is 13.8 Å². The zero-order valence-corrected chi connectivity index (χ0v) is 11.2. The van der Waals surface area contributed by atoms with Gasteiger partial charge in [0.1, 0.15) is 0 Å². The van der Waals surface area contributed by atoms with Crippen LogP contribution in [0.2, 0.25) is 0 Å². The molecule has 17 heavy (non-hydrogen) atoms. The number of aromatic nitrogens is 1. The summed E-state index contributed by atoms with van der Waals surface area (Å²) in [6.07, 6.45) is 2.36.